The molecule has 1 aliphatic heterocycles. The van der Waals surface area contributed by atoms with E-state index in [4.69, 9.17) is 18.7 Å². The molecular formula is C22H31N3O5. The molecule has 30 heavy (non-hydrogen) atoms. The Bertz CT molecular complexity index is 853. The summed E-state index contributed by atoms with van der Waals surface area (Å²) >= 11 is 0. The summed E-state index contributed by atoms with van der Waals surface area (Å²) in [5, 5.41) is 7.20. The maximum Gasteiger partial charge on any atom is 0.318 e. The van der Waals surface area contributed by atoms with Crippen molar-refractivity contribution in [3.8, 4) is 22.8 Å². The normalized spacial score (nSPS) is 16.4. The fourth-order valence-electron chi connectivity index (χ4n) is 3.37. The maximum atomic E-state index is 12.9. The lowest BCUT2D eigenvalue weighted by atomic mass is 10.1. The van der Waals surface area contributed by atoms with Crippen molar-refractivity contribution in [2.45, 2.75) is 51.8 Å². The zero-order valence-corrected chi connectivity index (χ0v) is 18.4. The lowest BCUT2D eigenvalue weighted by Gasteiger charge is -2.29. The van der Waals surface area contributed by atoms with Gasteiger partial charge in [-0.25, -0.2) is 4.79 Å². The molecule has 0 aliphatic carbocycles. The summed E-state index contributed by atoms with van der Waals surface area (Å²) in [6, 6.07) is 7.14. The Morgan fingerprint density at radius 2 is 2.07 bits per heavy atom. The maximum absolute atomic E-state index is 12.9. The highest BCUT2D eigenvalue weighted by Gasteiger charge is 2.26. The predicted molar refractivity (Wildman–Crippen MR) is 113 cm³/mol. The van der Waals surface area contributed by atoms with Crippen molar-refractivity contribution in [2.75, 3.05) is 27.4 Å². The zero-order chi connectivity index (χ0) is 21.7. The molecule has 0 bridgehead atoms. The van der Waals surface area contributed by atoms with E-state index in [1.54, 1.807) is 19.1 Å². The molecule has 0 radical (unpaired) electrons. The first-order valence-electron chi connectivity index (χ1n) is 10.2. The first-order valence-corrected chi connectivity index (χ1v) is 10.2. The number of aromatic nitrogens is 1. The fourth-order valence-corrected chi connectivity index (χ4v) is 3.37. The van der Waals surface area contributed by atoms with Crippen LogP contribution in [0.3, 0.4) is 0 Å². The summed E-state index contributed by atoms with van der Waals surface area (Å²) in [6.07, 6.45) is 2.01. The van der Waals surface area contributed by atoms with Crippen LogP contribution >= 0.6 is 0 Å². The van der Waals surface area contributed by atoms with Gasteiger partial charge >= 0.3 is 6.03 Å². The summed E-state index contributed by atoms with van der Waals surface area (Å²) in [5.74, 6) is 1.89. The van der Waals surface area contributed by atoms with E-state index in [2.05, 4.69) is 10.5 Å². The molecule has 1 N–H and O–H groups in total. The van der Waals surface area contributed by atoms with Crippen molar-refractivity contribution in [2.24, 2.45) is 0 Å². The molecule has 2 heterocycles. The largest absolute Gasteiger partial charge is 0.497 e. The minimum Gasteiger partial charge on any atom is -0.497 e. The number of carbonyl (C=O) groups is 1. The van der Waals surface area contributed by atoms with Crippen LogP contribution in [0.25, 0.3) is 11.3 Å². The van der Waals surface area contributed by atoms with Gasteiger partial charge in [0, 0.05) is 24.8 Å². The quantitative estimate of drug-likeness (QED) is 0.736. The van der Waals surface area contributed by atoms with Crippen molar-refractivity contribution in [3.63, 3.8) is 0 Å². The van der Waals surface area contributed by atoms with E-state index in [0.717, 1.165) is 25.0 Å². The van der Waals surface area contributed by atoms with Crippen molar-refractivity contribution < 1.29 is 23.5 Å². The SMILES string of the molecule is COc1ccc(OC)c(-c2cc(CN(C[C@H]3CCCO3)C(=O)NC(C)(C)C)no2)c1. The van der Waals surface area contributed by atoms with Gasteiger partial charge in [0.1, 0.15) is 17.2 Å². The van der Waals surface area contributed by atoms with Gasteiger partial charge in [-0.15, -0.1) is 0 Å². The minimum atomic E-state index is -0.338. The van der Waals surface area contributed by atoms with E-state index in [9.17, 15) is 4.79 Å². The molecule has 2 amide bonds. The summed E-state index contributed by atoms with van der Waals surface area (Å²) in [4.78, 5) is 14.6. The number of nitrogens with zero attached hydrogens (tertiary/aromatic N) is 2. The molecule has 3 rings (SSSR count). The second-order valence-corrected chi connectivity index (χ2v) is 8.44. The molecule has 1 aromatic carbocycles. The highest BCUT2D eigenvalue weighted by molar-refractivity contribution is 5.75. The third kappa shape index (κ3) is 5.66. The monoisotopic (exact) mass is 417 g/mol. The van der Waals surface area contributed by atoms with Crippen LogP contribution in [0.1, 0.15) is 39.3 Å². The van der Waals surface area contributed by atoms with Gasteiger partial charge in [0.2, 0.25) is 0 Å². The van der Waals surface area contributed by atoms with Crippen molar-refractivity contribution in [3.05, 3.63) is 30.0 Å². The Morgan fingerprint density at radius 3 is 2.70 bits per heavy atom. The number of carbonyl (C=O) groups excluding carboxylic acids is 1. The van der Waals surface area contributed by atoms with Gasteiger partial charge in [-0.3, -0.25) is 0 Å². The van der Waals surface area contributed by atoms with Crippen LogP contribution in [0.4, 0.5) is 4.79 Å². The number of hydrogen-bond donors (Lipinski definition) is 1. The average molecular weight is 418 g/mol. The lowest BCUT2D eigenvalue weighted by molar-refractivity contribution is 0.0776. The number of amides is 2. The van der Waals surface area contributed by atoms with E-state index < -0.39 is 0 Å². The van der Waals surface area contributed by atoms with Gasteiger partial charge in [0.25, 0.3) is 0 Å². The van der Waals surface area contributed by atoms with Crippen LogP contribution in [-0.4, -0.2) is 55.1 Å². The summed E-state index contributed by atoms with van der Waals surface area (Å²) in [6.45, 7) is 7.43. The molecule has 1 aromatic heterocycles. The summed E-state index contributed by atoms with van der Waals surface area (Å²) in [5.41, 5.74) is 1.05. The van der Waals surface area contributed by atoms with E-state index in [-0.39, 0.29) is 17.7 Å². The molecule has 8 nitrogen and oxygen atoms in total. The molecule has 0 saturated carbocycles. The van der Waals surface area contributed by atoms with Gasteiger partial charge in [-0.1, -0.05) is 5.16 Å². The van der Waals surface area contributed by atoms with Crippen LogP contribution in [0.15, 0.2) is 28.8 Å². The molecule has 2 aromatic rings. The van der Waals surface area contributed by atoms with Gasteiger partial charge in [0.15, 0.2) is 5.76 Å². The molecule has 164 valence electrons. The van der Waals surface area contributed by atoms with Gasteiger partial charge in [-0.05, 0) is 51.8 Å². The van der Waals surface area contributed by atoms with Crippen LogP contribution in [0, 0.1) is 0 Å². The highest BCUT2D eigenvalue weighted by Crippen LogP contribution is 2.34. The van der Waals surface area contributed by atoms with Crippen LogP contribution in [0.2, 0.25) is 0 Å². The third-order valence-electron chi connectivity index (χ3n) is 4.80. The summed E-state index contributed by atoms with van der Waals surface area (Å²) < 4.78 is 22.0. The van der Waals surface area contributed by atoms with Crippen LogP contribution < -0.4 is 14.8 Å². The number of hydrogen-bond acceptors (Lipinski definition) is 6. The number of methoxy groups -OCH3 is 2. The first-order chi connectivity index (χ1) is 14.3. The second kappa shape index (κ2) is 9.38. The molecule has 0 spiro atoms. The van der Waals surface area contributed by atoms with E-state index in [0.29, 0.717) is 36.0 Å². The molecule has 1 fully saturated rings. The van der Waals surface area contributed by atoms with Gasteiger partial charge in [-0.2, -0.15) is 0 Å². The smallest absolute Gasteiger partial charge is 0.318 e. The third-order valence-corrected chi connectivity index (χ3v) is 4.80. The van der Waals surface area contributed by atoms with E-state index in [1.807, 2.05) is 45.0 Å². The molecule has 1 saturated heterocycles. The number of urea groups is 1. The molecule has 1 aliphatic rings. The number of nitrogens with one attached hydrogen (secondary N) is 1. The van der Waals surface area contributed by atoms with Gasteiger partial charge in [0.05, 0.1) is 32.4 Å². The lowest BCUT2D eigenvalue weighted by Crippen LogP contribution is -2.50. The van der Waals surface area contributed by atoms with Crippen LogP contribution in [-0.2, 0) is 11.3 Å². The fraction of sp³-hybridized carbons (Fsp3) is 0.545. The number of rotatable bonds is 7. The Kier molecular flexibility index (Phi) is 6.87. The predicted octanol–water partition coefficient (Wildman–Crippen LogP) is 3.85. The average Bonchev–Trinajstić information content (AvgIpc) is 3.37. The van der Waals surface area contributed by atoms with Crippen LogP contribution in [0.5, 0.6) is 11.5 Å². The number of ether oxygens (including phenoxy) is 3. The van der Waals surface area contributed by atoms with Crippen molar-refractivity contribution >= 4 is 6.03 Å². The molecule has 8 heteroatoms. The standard InChI is InChI=1S/C22H31N3O5/c1-22(2,3)23-21(26)25(14-17-7-6-10-29-17)13-15-11-20(30-24-15)18-12-16(27-4)8-9-19(18)28-5/h8-9,11-12,17H,6-7,10,13-14H2,1-5H3,(H,23,26)/t17-/m1/s1. The van der Waals surface area contributed by atoms with E-state index in [1.165, 1.54) is 0 Å². The summed E-state index contributed by atoms with van der Waals surface area (Å²) in [7, 11) is 3.21. The Morgan fingerprint density at radius 1 is 1.27 bits per heavy atom. The topological polar surface area (TPSA) is 86.1 Å². The minimum absolute atomic E-state index is 0.0422. The Hall–Kier alpha value is -2.74. The van der Waals surface area contributed by atoms with Crippen molar-refractivity contribution in [1.82, 2.24) is 15.4 Å². The van der Waals surface area contributed by atoms with Crippen molar-refractivity contribution in [1.29, 1.82) is 0 Å². The second-order valence-electron chi connectivity index (χ2n) is 8.44. The Balaban J connectivity index is 1.80. The van der Waals surface area contributed by atoms with Gasteiger partial charge < -0.3 is 29.0 Å². The first kappa shape index (κ1) is 22.0. The highest BCUT2D eigenvalue weighted by atomic mass is 16.5. The Labute approximate surface area is 177 Å². The molecular weight excluding hydrogens is 386 g/mol. The zero-order valence-electron chi connectivity index (χ0n) is 18.4. The number of benzene rings is 1. The molecule has 0 unspecified atom stereocenters. The van der Waals surface area contributed by atoms with E-state index >= 15 is 0 Å². The molecule has 1 atom stereocenters.